The Hall–Kier alpha value is -3.40. The molecule has 7 heteroatoms. The van der Waals surface area contributed by atoms with Gasteiger partial charge in [0.25, 0.3) is 11.5 Å². The van der Waals surface area contributed by atoms with Crippen LogP contribution in [0.5, 0.6) is 0 Å². The van der Waals surface area contributed by atoms with E-state index in [1.54, 1.807) is 18.2 Å². The van der Waals surface area contributed by atoms with Gasteiger partial charge in [-0.2, -0.15) is 5.26 Å². The molecule has 0 fully saturated rings. The number of hydrogen-bond acceptors (Lipinski definition) is 4. The molecule has 0 aliphatic carbocycles. The fourth-order valence-corrected chi connectivity index (χ4v) is 2.57. The Morgan fingerprint density at radius 1 is 1.22 bits per heavy atom. The van der Waals surface area contributed by atoms with Gasteiger partial charge in [0.15, 0.2) is 0 Å². The molecule has 0 saturated carbocycles. The summed E-state index contributed by atoms with van der Waals surface area (Å²) in [7, 11) is 2.83. The SMILES string of the molecule is CCCCc1ccc(NC(=O)/C(C#N)=C/c2cn(C)c(=O)n(C)c2=O)cc1. The van der Waals surface area contributed by atoms with Crippen LogP contribution in [-0.4, -0.2) is 15.0 Å². The number of nitriles is 1. The molecular weight excluding hydrogens is 344 g/mol. The standard InChI is InChI=1S/C20H22N4O3/c1-4-5-6-14-7-9-17(10-8-14)22-18(25)15(12-21)11-16-13-23(2)20(27)24(3)19(16)26/h7-11,13H,4-6H2,1-3H3,(H,22,25)/b15-11+. The van der Waals surface area contributed by atoms with Crippen molar-refractivity contribution >= 4 is 17.7 Å². The van der Waals surface area contributed by atoms with E-state index in [4.69, 9.17) is 0 Å². The van der Waals surface area contributed by atoms with Crippen LogP contribution in [-0.2, 0) is 25.3 Å². The molecule has 0 aliphatic heterocycles. The number of unbranched alkanes of at least 4 members (excludes halogenated alkanes) is 1. The number of hydrogen-bond donors (Lipinski definition) is 1. The molecule has 0 atom stereocenters. The Morgan fingerprint density at radius 2 is 1.89 bits per heavy atom. The van der Waals surface area contributed by atoms with Gasteiger partial charge in [0, 0.05) is 26.0 Å². The molecular formula is C20H22N4O3. The number of rotatable bonds is 6. The molecule has 0 radical (unpaired) electrons. The normalized spacial score (nSPS) is 11.1. The highest BCUT2D eigenvalue weighted by atomic mass is 16.2. The highest BCUT2D eigenvalue weighted by Crippen LogP contribution is 2.13. The first-order valence-corrected chi connectivity index (χ1v) is 8.66. The summed E-state index contributed by atoms with van der Waals surface area (Å²) in [5, 5.41) is 12.0. The second kappa shape index (κ2) is 8.81. The molecule has 1 N–H and O–H groups in total. The molecule has 2 aromatic rings. The summed E-state index contributed by atoms with van der Waals surface area (Å²) in [6.45, 7) is 2.13. The van der Waals surface area contributed by atoms with Crippen molar-refractivity contribution < 1.29 is 4.79 Å². The average Bonchev–Trinajstić information content (AvgIpc) is 2.67. The van der Waals surface area contributed by atoms with Crippen LogP contribution in [0.3, 0.4) is 0 Å². The van der Waals surface area contributed by atoms with Crippen molar-refractivity contribution in [3.05, 3.63) is 68.0 Å². The number of anilines is 1. The minimum atomic E-state index is -0.616. The van der Waals surface area contributed by atoms with E-state index in [2.05, 4.69) is 12.2 Å². The van der Waals surface area contributed by atoms with Gasteiger partial charge >= 0.3 is 5.69 Å². The lowest BCUT2D eigenvalue weighted by Crippen LogP contribution is -2.37. The third kappa shape index (κ3) is 4.82. The second-order valence-electron chi connectivity index (χ2n) is 6.27. The van der Waals surface area contributed by atoms with E-state index in [-0.39, 0.29) is 11.1 Å². The van der Waals surface area contributed by atoms with E-state index in [9.17, 15) is 19.6 Å². The first-order chi connectivity index (χ1) is 12.9. The largest absolute Gasteiger partial charge is 0.330 e. The Balaban J connectivity index is 2.24. The van der Waals surface area contributed by atoms with Crippen LogP contribution < -0.4 is 16.6 Å². The second-order valence-corrected chi connectivity index (χ2v) is 6.27. The van der Waals surface area contributed by atoms with Crippen molar-refractivity contribution in [2.45, 2.75) is 26.2 Å². The molecule has 0 aliphatic rings. The summed E-state index contributed by atoms with van der Waals surface area (Å²) >= 11 is 0. The molecule has 27 heavy (non-hydrogen) atoms. The molecule has 1 aromatic carbocycles. The maximum Gasteiger partial charge on any atom is 0.330 e. The van der Waals surface area contributed by atoms with Crippen LogP contribution >= 0.6 is 0 Å². The van der Waals surface area contributed by atoms with Gasteiger partial charge in [-0.1, -0.05) is 25.5 Å². The van der Waals surface area contributed by atoms with Gasteiger partial charge in [-0.05, 0) is 36.6 Å². The number of amides is 1. The average molecular weight is 366 g/mol. The first-order valence-electron chi connectivity index (χ1n) is 8.66. The topological polar surface area (TPSA) is 96.9 Å². The number of nitrogens with one attached hydrogen (secondary N) is 1. The van der Waals surface area contributed by atoms with Gasteiger partial charge in [-0.15, -0.1) is 0 Å². The highest BCUT2D eigenvalue weighted by molar-refractivity contribution is 6.09. The molecule has 1 heterocycles. The maximum absolute atomic E-state index is 12.4. The number of benzene rings is 1. The van der Waals surface area contributed by atoms with E-state index >= 15 is 0 Å². The number of nitrogens with zero attached hydrogens (tertiary/aromatic N) is 3. The monoisotopic (exact) mass is 366 g/mol. The van der Waals surface area contributed by atoms with Crippen molar-refractivity contribution in [1.82, 2.24) is 9.13 Å². The zero-order valence-electron chi connectivity index (χ0n) is 15.7. The Morgan fingerprint density at radius 3 is 2.48 bits per heavy atom. The van der Waals surface area contributed by atoms with E-state index in [0.717, 1.165) is 23.8 Å². The summed E-state index contributed by atoms with van der Waals surface area (Å²) in [4.78, 5) is 36.3. The minimum Gasteiger partial charge on any atom is -0.321 e. The van der Waals surface area contributed by atoms with Crippen LogP contribution in [0.1, 0.15) is 30.9 Å². The smallest absolute Gasteiger partial charge is 0.321 e. The van der Waals surface area contributed by atoms with Crippen LogP contribution in [0.4, 0.5) is 5.69 Å². The fraction of sp³-hybridized carbons (Fsp3) is 0.300. The summed E-state index contributed by atoms with van der Waals surface area (Å²) in [6.07, 6.45) is 5.68. The van der Waals surface area contributed by atoms with Crippen molar-refractivity contribution in [1.29, 1.82) is 5.26 Å². The van der Waals surface area contributed by atoms with Gasteiger partial charge in [-0.25, -0.2) is 4.79 Å². The summed E-state index contributed by atoms with van der Waals surface area (Å²) in [5.74, 6) is -0.616. The van der Waals surface area contributed by atoms with Gasteiger partial charge in [0.1, 0.15) is 11.6 Å². The molecule has 0 bridgehead atoms. The zero-order chi connectivity index (χ0) is 20.0. The summed E-state index contributed by atoms with van der Waals surface area (Å²) in [5.41, 5.74) is 0.554. The maximum atomic E-state index is 12.4. The van der Waals surface area contributed by atoms with E-state index in [1.165, 1.54) is 36.5 Å². The van der Waals surface area contributed by atoms with Gasteiger partial charge in [0.2, 0.25) is 0 Å². The number of aryl methyl sites for hydroxylation is 2. The number of carbonyl (C=O) groups is 1. The molecule has 0 spiro atoms. The third-order valence-electron chi connectivity index (χ3n) is 4.17. The van der Waals surface area contributed by atoms with Gasteiger partial charge in [-0.3, -0.25) is 14.2 Å². The molecule has 2 rings (SSSR count). The molecule has 0 saturated heterocycles. The highest BCUT2D eigenvalue weighted by Gasteiger charge is 2.12. The van der Waals surface area contributed by atoms with Crippen molar-refractivity contribution in [3.63, 3.8) is 0 Å². The van der Waals surface area contributed by atoms with Crippen molar-refractivity contribution in [2.24, 2.45) is 14.1 Å². The van der Waals surface area contributed by atoms with Gasteiger partial charge < -0.3 is 9.88 Å². The Bertz CT molecular complexity index is 1020. The summed E-state index contributed by atoms with van der Waals surface area (Å²) < 4.78 is 2.14. The lowest BCUT2D eigenvalue weighted by atomic mass is 10.1. The Labute approximate surface area is 157 Å². The van der Waals surface area contributed by atoms with E-state index < -0.39 is 17.2 Å². The Kier molecular flexibility index (Phi) is 6.50. The summed E-state index contributed by atoms with van der Waals surface area (Å²) in [6, 6.07) is 9.23. The van der Waals surface area contributed by atoms with Crippen LogP contribution in [0.2, 0.25) is 0 Å². The quantitative estimate of drug-likeness (QED) is 0.624. The van der Waals surface area contributed by atoms with Crippen LogP contribution in [0, 0.1) is 11.3 Å². The van der Waals surface area contributed by atoms with Crippen molar-refractivity contribution in [2.75, 3.05) is 5.32 Å². The molecule has 1 aromatic heterocycles. The first kappa shape index (κ1) is 19.9. The lowest BCUT2D eigenvalue weighted by Gasteiger charge is -2.07. The van der Waals surface area contributed by atoms with Crippen molar-refractivity contribution in [3.8, 4) is 6.07 Å². The van der Waals surface area contributed by atoms with E-state index in [1.807, 2.05) is 12.1 Å². The van der Waals surface area contributed by atoms with Gasteiger partial charge in [0.05, 0.1) is 5.56 Å². The van der Waals surface area contributed by atoms with Crippen LogP contribution in [0.25, 0.3) is 6.08 Å². The number of aromatic nitrogens is 2. The van der Waals surface area contributed by atoms with Crippen LogP contribution in [0.15, 0.2) is 45.6 Å². The molecule has 140 valence electrons. The van der Waals surface area contributed by atoms with E-state index in [0.29, 0.717) is 5.69 Å². The minimum absolute atomic E-state index is 0.0845. The molecule has 1 amide bonds. The lowest BCUT2D eigenvalue weighted by molar-refractivity contribution is -0.112. The fourth-order valence-electron chi connectivity index (χ4n) is 2.57. The predicted molar refractivity (Wildman–Crippen MR) is 104 cm³/mol. The molecule has 7 nitrogen and oxygen atoms in total. The number of carbonyl (C=O) groups excluding carboxylic acids is 1. The predicted octanol–water partition coefficient (Wildman–Crippen LogP) is 1.97. The zero-order valence-corrected chi connectivity index (χ0v) is 15.7. The third-order valence-corrected chi connectivity index (χ3v) is 4.17. The molecule has 0 unspecified atom stereocenters.